The van der Waals surface area contributed by atoms with Crippen molar-refractivity contribution in [1.29, 1.82) is 0 Å². The second-order valence-electron chi connectivity index (χ2n) is 8.28. The van der Waals surface area contributed by atoms with Gasteiger partial charge in [-0.15, -0.1) is 0 Å². The highest BCUT2D eigenvalue weighted by molar-refractivity contribution is 5.40. The van der Waals surface area contributed by atoms with Crippen LogP contribution in [0.1, 0.15) is 17.5 Å². The van der Waals surface area contributed by atoms with Gasteiger partial charge in [0, 0.05) is 64.1 Å². The predicted molar refractivity (Wildman–Crippen MR) is 112 cm³/mol. The molecule has 6 nitrogen and oxygen atoms in total. The number of benzene rings is 1. The number of rotatable bonds is 5. The average molecular weight is 407 g/mol. The fourth-order valence-corrected chi connectivity index (χ4v) is 4.67. The van der Waals surface area contributed by atoms with Crippen LogP contribution in [0.2, 0.25) is 0 Å². The summed E-state index contributed by atoms with van der Waals surface area (Å²) in [6, 6.07) is 10.9. The average Bonchev–Trinajstić information content (AvgIpc) is 3.40. The summed E-state index contributed by atoms with van der Waals surface area (Å²) in [6.07, 6.45) is 8.34. The molecule has 2 fully saturated rings. The zero-order chi connectivity index (χ0) is 20.4. The minimum atomic E-state index is -0.215. The van der Waals surface area contributed by atoms with Crippen molar-refractivity contribution in [3.63, 3.8) is 0 Å². The maximum Gasteiger partial charge on any atom is 0.123 e. The van der Waals surface area contributed by atoms with Gasteiger partial charge in [0.2, 0.25) is 0 Å². The lowest BCUT2D eigenvalue weighted by Gasteiger charge is -2.40. The fourth-order valence-electron chi connectivity index (χ4n) is 4.67. The van der Waals surface area contributed by atoms with Crippen LogP contribution < -0.4 is 0 Å². The Kier molecular flexibility index (Phi) is 5.33. The molecule has 0 N–H and O–H groups in total. The molecule has 1 spiro atoms. The number of pyridine rings is 1. The van der Waals surface area contributed by atoms with Gasteiger partial charge in [-0.25, -0.2) is 9.07 Å². The lowest BCUT2D eigenvalue weighted by Crippen LogP contribution is -2.52. The van der Waals surface area contributed by atoms with Gasteiger partial charge in [-0.05, 0) is 53.9 Å². The Labute approximate surface area is 175 Å². The Balaban J connectivity index is 1.28. The fraction of sp³-hybridized carbons (Fsp3) is 0.391. The van der Waals surface area contributed by atoms with Gasteiger partial charge in [-0.1, -0.05) is 0 Å². The van der Waals surface area contributed by atoms with E-state index in [4.69, 9.17) is 4.74 Å². The standard InChI is InChI=1S/C23H26FN5O/c24-21-2-3-22(29-10-1-7-26-29)20(14-21)16-28-12-13-30-23(18-28)6-11-27(17-23)15-19-4-8-25-9-5-19/h1-5,7-10,14H,6,11-13,15-18H2. The Morgan fingerprint density at radius 3 is 2.63 bits per heavy atom. The molecule has 0 bridgehead atoms. The number of halogens is 1. The van der Waals surface area contributed by atoms with Gasteiger partial charge in [-0.2, -0.15) is 5.10 Å². The van der Waals surface area contributed by atoms with Crippen LogP contribution in [-0.2, 0) is 17.8 Å². The summed E-state index contributed by atoms with van der Waals surface area (Å²) in [5.74, 6) is -0.215. The highest BCUT2D eigenvalue weighted by Crippen LogP contribution is 2.31. The van der Waals surface area contributed by atoms with Crippen molar-refractivity contribution >= 4 is 0 Å². The van der Waals surface area contributed by atoms with Crippen LogP contribution in [0.4, 0.5) is 4.39 Å². The van der Waals surface area contributed by atoms with Crippen LogP contribution in [0.25, 0.3) is 5.69 Å². The Morgan fingerprint density at radius 1 is 1.00 bits per heavy atom. The van der Waals surface area contributed by atoms with Gasteiger partial charge in [0.05, 0.1) is 17.9 Å². The SMILES string of the molecule is Fc1ccc(-n2cccn2)c(CN2CCOC3(CCN(Cc4ccncc4)C3)C2)c1. The molecule has 7 heteroatoms. The molecule has 1 aromatic carbocycles. The number of ether oxygens (including phenoxy) is 1. The monoisotopic (exact) mass is 407 g/mol. The summed E-state index contributed by atoms with van der Waals surface area (Å²) in [6.45, 7) is 5.95. The van der Waals surface area contributed by atoms with Crippen molar-refractivity contribution in [2.24, 2.45) is 0 Å². The third-order valence-corrected chi connectivity index (χ3v) is 6.07. The van der Waals surface area contributed by atoms with Crippen molar-refractivity contribution in [1.82, 2.24) is 24.6 Å². The van der Waals surface area contributed by atoms with Crippen molar-refractivity contribution in [2.75, 3.05) is 32.8 Å². The van der Waals surface area contributed by atoms with Crippen molar-refractivity contribution in [3.8, 4) is 5.69 Å². The van der Waals surface area contributed by atoms with Crippen LogP contribution in [0.15, 0.2) is 61.2 Å². The molecule has 2 saturated heterocycles. The van der Waals surface area contributed by atoms with E-state index < -0.39 is 0 Å². The van der Waals surface area contributed by atoms with Gasteiger partial charge < -0.3 is 4.74 Å². The van der Waals surface area contributed by atoms with Gasteiger partial charge in [0.25, 0.3) is 0 Å². The third kappa shape index (κ3) is 4.14. The Morgan fingerprint density at radius 2 is 1.83 bits per heavy atom. The minimum absolute atomic E-state index is 0.148. The zero-order valence-electron chi connectivity index (χ0n) is 17.0. The van der Waals surface area contributed by atoms with Crippen LogP contribution in [0.5, 0.6) is 0 Å². The van der Waals surface area contributed by atoms with Gasteiger partial charge in [0.1, 0.15) is 5.82 Å². The molecule has 1 atom stereocenters. The Hall–Kier alpha value is -2.61. The first-order chi connectivity index (χ1) is 14.7. The number of aromatic nitrogens is 3. The molecule has 5 rings (SSSR count). The smallest absolute Gasteiger partial charge is 0.123 e. The molecule has 30 heavy (non-hydrogen) atoms. The number of hydrogen-bond acceptors (Lipinski definition) is 5. The largest absolute Gasteiger partial charge is 0.371 e. The van der Waals surface area contributed by atoms with Crippen LogP contribution in [-0.4, -0.2) is 63.0 Å². The van der Waals surface area contributed by atoms with E-state index in [0.29, 0.717) is 13.2 Å². The zero-order valence-corrected chi connectivity index (χ0v) is 17.0. The molecule has 1 unspecified atom stereocenters. The van der Waals surface area contributed by atoms with Crippen LogP contribution in [0, 0.1) is 5.82 Å². The van der Waals surface area contributed by atoms with Gasteiger partial charge >= 0.3 is 0 Å². The maximum absolute atomic E-state index is 14.0. The molecule has 4 heterocycles. The second-order valence-corrected chi connectivity index (χ2v) is 8.28. The summed E-state index contributed by atoms with van der Waals surface area (Å²) in [5, 5.41) is 4.33. The van der Waals surface area contributed by atoms with Crippen molar-refractivity contribution in [3.05, 3.63) is 78.1 Å². The van der Waals surface area contributed by atoms with E-state index in [9.17, 15) is 4.39 Å². The highest BCUT2D eigenvalue weighted by Gasteiger charge is 2.42. The van der Waals surface area contributed by atoms with E-state index in [-0.39, 0.29) is 11.4 Å². The van der Waals surface area contributed by atoms with Crippen LogP contribution >= 0.6 is 0 Å². The molecule has 0 aliphatic carbocycles. The highest BCUT2D eigenvalue weighted by atomic mass is 19.1. The predicted octanol–water partition coefficient (Wildman–Crippen LogP) is 2.88. The lowest BCUT2D eigenvalue weighted by molar-refractivity contribution is -0.104. The molecule has 2 aromatic heterocycles. The van der Waals surface area contributed by atoms with E-state index >= 15 is 0 Å². The summed E-state index contributed by atoms with van der Waals surface area (Å²) in [4.78, 5) is 8.95. The molecular formula is C23H26FN5O. The summed E-state index contributed by atoms with van der Waals surface area (Å²) >= 11 is 0. The number of morpholine rings is 1. The molecule has 2 aliphatic rings. The van der Waals surface area contributed by atoms with Gasteiger partial charge in [0.15, 0.2) is 0 Å². The first kappa shape index (κ1) is 19.4. The third-order valence-electron chi connectivity index (χ3n) is 6.07. The van der Waals surface area contributed by atoms with Crippen molar-refractivity contribution < 1.29 is 9.13 Å². The number of nitrogens with zero attached hydrogens (tertiary/aromatic N) is 5. The van der Waals surface area contributed by atoms with E-state index in [2.05, 4.69) is 32.0 Å². The summed E-state index contributed by atoms with van der Waals surface area (Å²) in [5.41, 5.74) is 3.00. The number of likely N-dealkylation sites (tertiary alicyclic amines) is 1. The lowest BCUT2D eigenvalue weighted by atomic mass is 10.00. The first-order valence-corrected chi connectivity index (χ1v) is 10.5. The van der Waals surface area contributed by atoms with Crippen molar-refractivity contribution in [2.45, 2.75) is 25.1 Å². The topological polar surface area (TPSA) is 46.4 Å². The normalized spacial score (nSPS) is 22.7. The summed E-state index contributed by atoms with van der Waals surface area (Å²) in [7, 11) is 0. The van der Waals surface area contributed by atoms with Crippen LogP contribution in [0.3, 0.4) is 0 Å². The molecule has 2 aliphatic heterocycles. The molecule has 0 radical (unpaired) electrons. The molecule has 0 saturated carbocycles. The summed E-state index contributed by atoms with van der Waals surface area (Å²) < 4.78 is 22.1. The quantitative estimate of drug-likeness (QED) is 0.651. The molecule has 3 aromatic rings. The van der Waals surface area contributed by atoms with E-state index in [1.165, 1.54) is 11.6 Å². The van der Waals surface area contributed by atoms with E-state index in [0.717, 1.165) is 50.4 Å². The van der Waals surface area contributed by atoms with E-state index in [1.807, 2.05) is 24.7 Å². The molecular weight excluding hydrogens is 381 g/mol. The maximum atomic E-state index is 14.0. The first-order valence-electron chi connectivity index (χ1n) is 10.5. The second kappa shape index (κ2) is 8.26. The molecule has 156 valence electrons. The molecule has 0 amide bonds. The Bertz CT molecular complexity index is 981. The van der Waals surface area contributed by atoms with Gasteiger partial charge in [-0.3, -0.25) is 14.8 Å². The minimum Gasteiger partial charge on any atom is -0.371 e. The van der Waals surface area contributed by atoms with E-state index in [1.54, 1.807) is 23.0 Å². The number of hydrogen-bond donors (Lipinski definition) is 0.